The Bertz CT molecular complexity index is 145. The monoisotopic (exact) mass is 214 g/mol. The van der Waals surface area contributed by atoms with Crippen LogP contribution < -0.4 is 11.1 Å². The maximum atomic E-state index is 5.68. The zero-order chi connectivity index (χ0) is 10.9. The molecule has 0 spiro atoms. The molecule has 1 aliphatic rings. The first-order valence-corrected chi connectivity index (χ1v) is 6.37. The average molecular weight is 214 g/mol. The molecule has 3 nitrogen and oxygen atoms in total. The van der Waals surface area contributed by atoms with Crippen molar-refractivity contribution in [2.24, 2.45) is 5.73 Å². The lowest BCUT2D eigenvalue weighted by atomic mass is 10.1. The first-order valence-electron chi connectivity index (χ1n) is 6.37. The molecule has 15 heavy (non-hydrogen) atoms. The molecule has 1 fully saturated rings. The fourth-order valence-corrected chi connectivity index (χ4v) is 1.95. The van der Waals surface area contributed by atoms with Crippen LogP contribution in [0.2, 0.25) is 0 Å². The van der Waals surface area contributed by atoms with Crippen molar-refractivity contribution in [3.05, 3.63) is 0 Å². The summed E-state index contributed by atoms with van der Waals surface area (Å²) >= 11 is 0. The highest BCUT2D eigenvalue weighted by atomic mass is 16.5. The number of hydrogen-bond donors (Lipinski definition) is 2. The lowest BCUT2D eigenvalue weighted by molar-refractivity contribution is 0.0170. The largest absolute Gasteiger partial charge is 0.377 e. The van der Waals surface area contributed by atoms with Crippen molar-refractivity contribution in [3.63, 3.8) is 0 Å². The quantitative estimate of drug-likeness (QED) is 0.634. The molecule has 90 valence electrons. The van der Waals surface area contributed by atoms with Gasteiger partial charge in [-0.3, -0.25) is 0 Å². The average Bonchev–Trinajstić information content (AvgIpc) is 2.24. The number of nitrogens with two attached hydrogens (primary N) is 1. The van der Waals surface area contributed by atoms with Crippen LogP contribution in [-0.2, 0) is 4.74 Å². The third-order valence-corrected chi connectivity index (χ3v) is 2.91. The van der Waals surface area contributed by atoms with Gasteiger partial charge < -0.3 is 15.8 Å². The van der Waals surface area contributed by atoms with Gasteiger partial charge in [0.05, 0.1) is 6.10 Å². The molecule has 0 aromatic heterocycles. The topological polar surface area (TPSA) is 47.3 Å². The molecule has 1 heterocycles. The second-order valence-electron chi connectivity index (χ2n) is 4.67. The molecule has 0 aliphatic carbocycles. The van der Waals surface area contributed by atoms with E-state index in [0.717, 1.165) is 26.1 Å². The van der Waals surface area contributed by atoms with Crippen LogP contribution in [0, 0.1) is 0 Å². The summed E-state index contributed by atoms with van der Waals surface area (Å²) in [6.45, 7) is 5.16. The molecule has 0 radical (unpaired) electrons. The Morgan fingerprint density at radius 1 is 1.40 bits per heavy atom. The van der Waals surface area contributed by atoms with Crippen molar-refractivity contribution in [1.82, 2.24) is 5.32 Å². The number of ether oxygens (including phenoxy) is 1. The van der Waals surface area contributed by atoms with Crippen LogP contribution >= 0.6 is 0 Å². The Hall–Kier alpha value is -0.120. The van der Waals surface area contributed by atoms with Crippen molar-refractivity contribution in [2.75, 3.05) is 19.7 Å². The van der Waals surface area contributed by atoms with E-state index in [1.165, 1.54) is 32.1 Å². The highest BCUT2D eigenvalue weighted by Gasteiger charge is 2.12. The number of nitrogens with one attached hydrogen (secondary N) is 1. The summed E-state index contributed by atoms with van der Waals surface area (Å²) < 4.78 is 5.64. The first kappa shape index (κ1) is 12.9. The predicted molar refractivity (Wildman–Crippen MR) is 64.0 cm³/mol. The highest BCUT2D eigenvalue weighted by Crippen LogP contribution is 2.11. The van der Waals surface area contributed by atoms with Crippen molar-refractivity contribution >= 4 is 0 Å². The number of rotatable bonds is 7. The molecule has 1 aliphatic heterocycles. The van der Waals surface area contributed by atoms with E-state index in [-0.39, 0.29) is 0 Å². The van der Waals surface area contributed by atoms with E-state index in [2.05, 4.69) is 12.2 Å². The van der Waals surface area contributed by atoms with Crippen LogP contribution in [0.25, 0.3) is 0 Å². The maximum absolute atomic E-state index is 5.68. The van der Waals surface area contributed by atoms with Crippen LogP contribution in [0.15, 0.2) is 0 Å². The molecule has 2 unspecified atom stereocenters. The molecule has 3 heteroatoms. The predicted octanol–water partition coefficient (Wildman–Crippen LogP) is 1.66. The SMILES string of the molecule is CC(N)CCCCNCC1CCCCO1. The minimum absolute atomic E-state index is 0.353. The number of hydrogen-bond acceptors (Lipinski definition) is 3. The Balaban J connectivity index is 1.83. The van der Waals surface area contributed by atoms with Crippen LogP contribution in [-0.4, -0.2) is 31.8 Å². The lowest BCUT2D eigenvalue weighted by Crippen LogP contribution is -2.32. The Labute approximate surface area is 93.8 Å². The van der Waals surface area contributed by atoms with Gasteiger partial charge in [-0.05, 0) is 45.6 Å². The van der Waals surface area contributed by atoms with Gasteiger partial charge in [0, 0.05) is 19.2 Å². The first-order chi connectivity index (χ1) is 7.29. The molecular weight excluding hydrogens is 188 g/mol. The summed E-state index contributed by atoms with van der Waals surface area (Å²) in [6.07, 6.45) is 7.87. The third kappa shape index (κ3) is 6.88. The van der Waals surface area contributed by atoms with E-state index < -0.39 is 0 Å². The Morgan fingerprint density at radius 3 is 2.93 bits per heavy atom. The molecular formula is C12H26N2O. The highest BCUT2D eigenvalue weighted by molar-refractivity contribution is 4.66. The van der Waals surface area contributed by atoms with Gasteiger partial charge in [0.15, 0.2) is 0 Å². The van der Waals surface area contributed by atoms with E-state index in [4.69, 9.17) is 10.5 Å². The van der Waals surface area contributed by atoms with Gasteiger partial charge in [-0.1, -0.05) is 6.42 Å². The van der Waals surface area contributed by atoms with E-state index >= 15 is 0 Å². The van der Waals surface area contributed by atoms with E-state index in [1.54, 1.807) is 0 Å². The summed E-state index contributed by atoms with van der Waals surface area (Å²) in [6, 6.07) is 0.353. The fourth-order valence-electron chi connectivity index (χ4n) is 1.95. The summed E-state index contributed by atoms with van der Waals surface area (Å²) in [7, 11) is 0. The van der Waals surface area contributed by atoms with E-state index in [9.17, 15) is 0 Å². The van der Waals surface area contributed by atoms with Crippen LogP contribution in [0.4, 0.5) is 0 Å². The smallest absolute Gasteiger partial charge is 0.0699 e. The zero-order valence-corrected chi connectivity index (χ0v) is 10.0. The van der Waals surface area contributed by atoms with E-state index in [0.29, 0.717) is 12.1 Å². The molecule has 2 atom stereocenters. The Kier molecular flexibility index (Phi) is 6.98. The molecule has 0 amide bonds. The maximum Gasteiger partial charge on any atom is 0.0699 e. The summed E-state index contributed by atoms with van der Waals surface area (Å²) in [5.74, 6) is 0. The fraction of sp³-hybridized carbons (Fsp3) is 1.00. The standard InChI is InChI=1S/C12H26N2O/c1-11(13)6-2-4-8-14-10-12-7-3-5-9-15-12/h11-12,14H,2-10,13H2,1H3. The van der Waals surface area contributed by atoms with Gasteiger partial charge in [0.25, 0.3) is 0 Å². The molecule has 0 aromatic rings. The van der Waals surface area contributed by atoms with Crippen molar-refractivity contribution in [3.8, 4) is 0 Å². The second-order valence-corrected chi connectivity index (χ2v) is 4.67. The van der Waals surface area contributed by atoms with Crippen molar-refractivity contribution in [2.45, 2.75) is 57.6 Å². The number of unbranched alkanes of at least 4 members (excludes halogenated alkanes) is 1. The molecule has 3 N–H and O–H groups in total. The Morgan fingerprint density at radius 2 is 2.27 bits per heavy atom. The van der Waals surface area contributed by atoms with Crippen molar-refractivity contribution in [1.29, 1.82) is 0 Å². The van der Waals surface area contributed by atoms with Gasteiger partial charge in [0.2, 0.25) is 0 Å². The van der Waals surface area contributed by atoms with Gasteiger partial charge in [-0.25, -0.2) is 0 Å². The minimum Gasteiger partial charge on any atom is -0.377 e. The molecule has 0 aromatic carbocycles. The van der Waals surface area contributed by atoms with Crippen LogP contribution in [0.5, 0.6) is 0 Å². The minimum atomic E-state index is 0.353. The lowest BCUT2D eigenvalue weighted by Gasteiger charge is -2.22. The molecule has 0 saturated carbocycles. The van der Waals surface area contributed by atoms with Crippen LogP contribution in [0.3, 0.4) is 0 Å². The van der Waals surface area contributed by atoms with Crippen molar-refractivity contribution < 1.29 is 4.74 Å². The summed E-state index contributed by atoms with van der Waals surface area (Å²) in [5, 5.41) is 3.46. The van der Waals surface area contributed by atoms with Gasteiger partial charge in [0.1, 0.15) is 0 Å². The summed E-state index contributed by atoms with van der Waals surface area (Å²) in [5.41, 5.74) is 5.68. The van der Waals surface area contributed by atoms with Gasteiger partial charge >= 0.3 is 0 Å². The second kappa shape index (κ2) is 8.08. The third-order valence-electron chi connectivity index (χ3n) is 2.91. The van der Waals surface area contributed by atoms with E-state index in [1.807, 2.05) is 0 Å². The normalized spacial score (nSPS) is 24.0. The van der Waals surface area contributed by atoms with Gasteiger partial charge in [-0.2, -0.15) is 0 Å². The molecule has 0 bridgehead atoms. The van der Waals surface area contributed by atoms with Crippen LogP contribution in [0.1, 0.15) is 45.4 Å². The molecule has 1 saturated heterocycles. The zero-order valence-electron chi connectivity index (χ0n) is 10.0. The summed E-state index contributed by atoms with van der Waals surface area (Å²) in [4.78, 5) is 0. The molecule has 1 rings (SSSR count). The van der Waals surface area contributed by atoms with Gasteiger partial charge in [-0.15, -0.1) is 0 Å².